The van der Waals surface area contributed by atoms with Crippen molar-refractivity contribution < 1.29 is 13.2 Å². The number of likely N-dealkylation sites (N-methyl/N-ethyl adjacent to an activating group) is 1. The molecule has 1 amide bonds. The third-order valence-electron chi connectivity index (χ3n) is 4.32. The lowest BCUT2D eigenvalue weighted by atomic mass is 10.1. The third kappa shape index (κ3) is 4.51. The fourth-order valence-corrected chi connectivity index (χ4v) is 5.43. The van der Waals surface area contributed by atoms with Gasteiger partial charge in [-0.3, -0.25) is 9.69 Å². The second-order valence-corrected chi connectivity index (χ2v) is 10.2. The van der Waals surface area contributed by atoms with E-state index < -0.39 is 15.6 Å². The van der Waals surface area contributed by atoms with Crippen LogP contribution in [0, 0.1) is 11.3 Å². The lowest BCUT2D eigenvalue weighted by Gasteiger charge is -2.35. The minimum absolute atomic E-state index is 0.159. The number of nitrogens with zero attached hydrogens (tertiary/aromatic N) is 4. The van der Waals surface area contributed by atoms with Gasteiger partial charge in [0, 0.05) is 33.2 Å². The molecule has 1 aliphatic heterocycles. The fourth-order valence-electron chi connectivity index (χ4n) is 2.38. The summed E-state index contributed by atoms with van der Waals surface area (Å²) in [6, 6.07) is 5.18. The Hall–Kier alpha value is -1.18. The van der Waals surface area contributed by atoms with Crippen LogP contribution >= 0.6 is 22.9 Å². The van der Waals surface area contributed by atoms with E-state index in [1.54, 1.807) is 27.0 Å². The molecule has 2 rings (SSSR count). The number of sulfonamides is 1. The van der Waals surface area contributed by atoms with Crippen LogP contribution in [0.4, 0.5) is 0 Å². The van der Waals surface area contributed by atoms with Gasteiger partial charge < -0.3 is 4.90 Å². The Kier molecular flexibility index (Phi) is 6.12. The number of nitriles is 1. The van der Waals surface area contributed by atoms with Gasteiger partial charge in [-0.15, -0.1) is 11.3 Å². The monoisotopic (exact) mass is 404 g/mol. The van der Waals surface area contributed by atoms with Crippen molar-refractivity contribution in [1.82, 2.24) is 14.1 Å². The van der Waals surface area contributed by atoms with E-state index in [9.17, 15) is 13.2 Å². The molecule has 0 unspecified atom stereocenters. The van der Waals surface area contributed by atoms with Crippen molar-refractivity contribution >= 4 is 38.9 Å². The Bertz CT molecular complexity index is 777. The number of halogens is 1. The smallest absolute Gasteiger partial charge is 0.252 e. The zero-order valence-electron chi connectivity index (χ0n) is 14.4. The Morgan fingerprint density at radius 1 is 1.36 bits per heavy atom. The van der Waals surface area contributed by atoms with Crippen molar-refractivity contribution in [3.8, 4) is 6.07 Å². The highest BCUT2D eigenvalue weighted by molar-refractivity contribution is 7.91. The van der Waals surface area contributed by atoms with Crippen molar-refractivity contribution in [2.75, 3.05) is 39.8 Å². The lowest BCUT2D eigenvalue weighted by molar-refractivity contribution is -0.134. The predicted molar refractivity (Wildman–Crippen MR) is 97.0 cm³/mol. The molecule has 0 saturated carbocycles. The fraction of sp³-hybridized carbons (Fsp3) is 0.600. The topological polar surface area (TPSA) is 84.7 Å². The summed E-state index contributed by atoms with van der Waals surface area (Å²) in [5.74, 6) is -0.159. The summed E-state index contributed by atoms with van der Waals surface area (Å²) in [6.07, 6.45) is 0. The number of rotatable bonds is 5. The molecule has 138 valence electrons. The van der Waals surface area contributed by atoms with Crippen LogP contribution in [0.1, 0.15) is 13.8 Å². The summed E-state index contributed by atoms with van der Waals surface area (Å²) in [6.45, 7) is 5.09. The molecule has 0 radical (unpaired) electrons. The highest BCUT2D eigenvalue weighted by atomic mass is 35.5. The Balaban J connectivity index is 1.94. The zero-order chi connectivity index (χ0) is 18.8. The predicted octanol–water partition coefficient (Wildman–Crippen LogP) is 1.47. The van der Waals surface area contributed by atoms with Gasteiger partial charge in [0.15, 0.2) is 0 Å². The zero-order valence-corrected chi connectivity index (χ0v) is 16.8. The SMILES string of the molecule is CN(C(=O)CN1CCN(S(=O)(=O)c2ccc(Cl)s2)CC1)C(C)(C)C#N. The molecule has 0 aromatic carbocycles. The summed E-state index contributed by atoms with van der Waals surface area (Å²) in [4.78, 5) is 15.6. The minimum atomic E-state index is -3.53. The van der Waals surface area contributed by atoms with E-state index in [0.717, 1.165) is 11.3 Å². The molecule has 2 heterocycles. The standard InChI is InChI=1S/C15H21ClN4O3S2/c1-15(2,11-17)18(3)13(21)10-19-6-8-20(9-7-19)25(22,23)14-5-4-12(16)24-14/h4-5H,6-10H2,1-3H3. The van der Waals surface area contributed by atoms with E-state index in [1.165, 1.54) is 15.3 Å². The van der Waals surface area contributed by atoms with E-state index in [4.69, 9.17) is 16.9 Å². The van der Waals surface area contributed by atoms with Crippen LogP contribution in [0.25, 0.3) is 0 Å². The maximum Gasteiger partial charge on any atom is 0.252 e. The van der Waals surface area contributed by atoms with Crippen molar-refractivity contribution in [3.05, 3.63) is 16.5 Å². The second-order valence-electron chi connectivity index (χ2n) is 6.36. The van der Waals surface area contributed by atoms with Crippen LogP contribution in [0.5, 0.6) is 0 Å². The van der Waals surface area contributed by atoms with Gasteiger partial charge in [0.05, 0.1) is 17.0 Å². The Morgan fingerprint density at radius 2 is 1.96 bits per heavy atom. The average Bonchev–Trinajstić information content (AvgIpc) is 3.02. The molecule has 10 heteroatoms. The largest absolute Gasteiger partial charge is 0.326 e. The molecule has 1 fully saturated rings. The molecule has 0 aliphatic carbocycles. The molecular formula is C15H21ClN4O3S2. The number of hydrogen-bond donors (Lipinski definition) is 0. The first-order valence-corrected chi connectivity index (χ1v) is 10.4. The van der Waals surface area contributed by atoms with Gasteiger partial charge in [-0.2, -0.15) is 9.57 Å². The molecule has 1 aromatic heterocycles. The molecule has 7 nitrogen and oxygen atoms in total. The molecule has 1 aliphatic rings. The average molecular weight is 405 g/mol. The summed E-state index contributed by atoms with van der Waals surface area (Å²) >= 11 is 6.87. The summed E-state index contributed by atoms with van der Waals surface area (Å²) < 4.78 is 27.2. The van der Waals surface area contributed by atoms with Gasteiger partial charge in [0.25, 0.3) is 10.0 Å². The van der Waals surface area contributed by atoms with Crippen molar-refractivity contribution in [2.24, 2.45) is 0 Å². The molecule has 0 N–H and O–H groups in total. The molecule has 0 atom stereocenters. The van der Waals surface area contributed by atoms with Crippen LogP contribution in [-0.2, 0) is 14.8 Å². The number of thiophene rings is 1. The summed E-state index contributed by atoms with van der Waals surface area (Å²) in [5.41, 5.74) is -0.874. The van der Waals surface area contributed by atoms with E-state index in [2.05, 4.69) is 6.07 Å². The van der Waals surface area contributed by atoms with E-state index in [0.29, 0.717) is 30.5 Å². The van der Waals surface area contributed by atoms with Crippen molar-refractivity contribution in [1.29, 1.82) is 5.26 Å². The normalized spacial score (nSPS) is 17.2. The quantitative estimate of drug-likeness (QED) is 0.741. The summed E-state index contributed by atoms with van der Waals surface area (Å²) in [7, 11) is -1.93. The van der Waals surface area contributed by atoms with Crippen LogP contribution in [-0.4, -0.2) is 73.7 Å². The molecule has 1 aromatic rings. The van der Waals surface area contributed by atoms with E-state index in [1.807, 2.05) is 4.90 Å². The van der Waals surface area contributed by atoms with Crippen LogP contribution in [0.3, 0.4) is 0 Å². The number of hydrogen-bond acceptors (Lipinski definition) is 6. The highest BCUT2D eigenvalue weighted by Gasteiger charge is 2.32. The van der Waals surface area contributed by atoms with Gasteiger partial charge in [0.1, 0.15) is 9.75 Å². The Labute approximate surface area is 157 Å². The molecule has 0 spiro atoms. The van der Waals surface area contributed by atoms with E-state index in [-0.39, 0.29) is 16.7 Å². The number of piperazine rings is 1. The van der Waals surface area contributed by atoms with E-state index >= 15 is 0 Å². The van der Waals surface area contributed by atoms with Crippen molar-refractivity contribution in [3.63, 3.8) is 0 Å². The van der Waals surface area contributed by atoms with Gasteiger partial charge in [-0.05, 0) is 26.0 Å². The van der Waals surface area contributed by atoms with Crippen molar-refractivity contribution in [2.45, 2.75) is 23.6 Å². The third-order valence-corrected chi connectivity index (χ3v) is 7.92. The van der Waals surface area contributed by atoms with Gasteiger partial charge in [-0.1, -0.05) is 11.6 Å². The van der Waals surface area contributed by atoms with Crippen LogP contribution < -0.4 is 0 Å². The lowest BCUT2D eigenvalue weighted by Crippen LogP contribution is -2.53. The maximum atomic E-state index is 12.6. The van der Waals surface area contributed by atoms with Gasteiger partial charge >= 0.3 is 0 Å². The number of carbonyl (C=O) groups is 1. The maximum absolute atomic E-state index is 12.6. The number of carbonyl (C=O) groups excluding carboxylic acids is 1. The van der Waals surface area contributed by atoms with Gasteiger partial charge in [-0.25, -0.2) is 8.42 Å². The van der Waals surface area contributed by atoms with Gasteiger partial charge in [0.2, 0.25) is 5.91 Å². The molecule has 1 saturated heterocycles. The molecular weight excluding hydrogens is 384 g/mol. The summed E-state index contributed by atoms with van der Waals surface area (Å²) in [5, 5.41) is 9.11. The minimum Gasteiger partial charge on any atom is -0.326 e. The highest BCUT2D eigenvalue weighted by Crippen LogP contribution is 2.28. The first-order valence-electron chi connectivity index (χ1n) is 7.73. The molecule has 0 bridgehead atoms. The number of amides is 1. The Morgan fingerprint density at radius 3 is 2.44 bits per heavy atom. The van der Waals surface area contributed by atoms with Crippen LogP contribution in [0.15, 0.2) is 16.3 Å². The second kappa shape index (κ2) is 7.60. The first kappa shape index (κ1) is 20.1. The molecule has 25 heavy (non-hydrogen) atoms. The van der Waals surface area contributed by atoms with Crippen LogP contribution in [0.2, 0.25) is 4.34 Å². The first-order chi connectivity index (χ1) is 11.6.